The van der Waals surface area contributed by atoms with Crippen molar-refractivity contribution in [1.82, 2.24) is 15.1 Å². The Morgan fingerprint density at radius 2 is 2.00 bits per heavy atom. The van der Waals surface area contributed by atoms with Crippen molar-refractivity contribution in [3.05, 3.63) is 63.6 Å². The zero-order chi connectivity index (χ0) is 16.9. The molecule has 6 nitrogen and oxygen atoms in total. The lowest BCUT2D eigenvalue weighted by Crippen LogP contribution is -2.33. The van der Waals surface area contributed by atoms with Gasteiger partial charge in [-0.05, 0) is 30.0 Å². The fourth-order valence-electron chi connectivity index (χ4n) is 2.59. The van der Waals surface area contributed by atoms with Crippen molar-refractivity contribution in [1.29, 1.82) is 0 Å². The number of ether oxygens (including phenoxy) is 1. The average molecular weight is 327 g/mol. The number of aromatic nitrogens is 2. The van der Waals surface area contributed by atoms with E-state index in [-0.39, 0.29) is 18.0 Å². The van der Waals surface area contributed by atoms with Crippen molar-refractivity contribution in [3.8, 4) is 0 Å². The highest BCUT2D eigenvalue weighted by Crippen LogP contribution is 2.38. The zero-order valence-corrected chi connectivity index (χ0v) is 13.7. The van der Waals surface area contributed by atoms with E-state index in [1.807, 2.05) is 24.3 Å². The number of carbonyl (C=O) groups is 1. The SMILES string of the molecule is COCc1ccccc1CNC(=O)Cn1nc(C2CC2)ccc1=O. The Kier molecular flexibility index (Phi) is 5.05. The summed E-state index contributed by atoms with van der Waals surface area (Å²) in [6.45, 7) is 0.831. The number of nitrogens with zero attached hydrogens (tertiary/aromatic N) is 2. The molecule has 2 aromatic rings. The molecule has 6 heteroatoms. The highest BCUT2D eigenvalue weighted by atomic mass is 16.5. The minimum absolute atomic E-state index is 0.0637. The third-order valence-electron chi connectivity index (χ3n) is 4.07. The van der Waals surface area contributed by atoms with Crippen LogP contribution in [0.15, 0.2) is 41.2 Å². The van der Waals surface area contributed by atoms with Gasteiger partial charge in [-0.2, -0.15) is 5.10 Å². The van der Waals surface area contributed by atoms with Crippen molar-refractivity contribution in [2.24, 2.45) is 0 Å². The lowest BCUT2D eigenvalue weighted by atomic mass is 10.1. The van der Waals surface area contributed by atoms with Gasteiger partial charge in [0.1, 0.15) is 6.54 Å². The molecule has 1 N–H and O–H groups in total. The first-order valence-electron chi connectivity index (χ1n) is 8.08. The molecule has 3 rings (SSSR count). The summed E-state index contributed by atoms with van der Waals surface area (Å²) in [6, 6.07) is 11.0. The van der Waals surface area contributed by atoms with Crippen molar-refractivity contribution in [2.75, 3.05) is 7.11 Å². The summed E-state index contributed by atoms with van der Waals surface area (Å²) in [7, 11) is 1.64. The number of nitrogens with one attached hydrogen (secondary N) is 1. The molecule has 0 atom stereocenters. The highest BCUT2D eigenvalue weighted by molar-refractivity contribution is 5.75. The molecule has 1 amide bonds. The molecule has 24 heavy (non-hydrogen) atoms. The van der Waals surface area contributed by atoms with Gasteiger partial charge in [-0.1, -0.05) is 24.3 Å². The summed E-state index contributed by atoms with van der Waals surface area (Å²) < 4.78 is 6.40. The van der Waals surface area contributed by atoms with Gasteiger partial charge in [0.2, 0.25) is 5.91 Å². The normalized spacial score (nSPS) is 13.7. The predicted molar refractivity (Wildman–Crippen MR) is 89.5 cm³/mol. The molecule has 1 aliphatic carbocycles. The van der Waals surface area contributed by atoms with Gasteiger partial charge in [-0.15, -0.1) is 0 Å². The van der Waals surface area contributed by atoms with Gasteiger partial charge in [0, 0.05) is 25.6 Å². The van der Waals surface area contributed by atoms with E-state index in [4.69, 9.17) is 4.74 Å². The standard InChI is InChI=1S/C18H21N3O3/c1-24-12-15-5-3-2-4-14(15)10-19-17(22)11-21-18(23)9-8-16(20-21)13-6-7-13/h2-5,8-9,13H,6-7,10-12H2,1H3,(H,19,22). The van der Waals surface area contributed by atoms with Crippen LogP contribution in [0.3, 0.4) is 0 Å². The Bertz CT molecular complexity index is 781. The second kappa shape index (κ2) is 7.40. The van der Waals surface area contributed by atoms with Crippen LogP contribution < -0.4 is 10.9 Å². The van der Waals surface area contributed by atoms with Gasteiger partial charge in [0.25, 0.3) is 5.56 Å². The number of carbonyl (C=O) groups excluding carboxylic acids is 1. The van der Waals surface area contributed by atoms with Crippen LogP contribution in [0.1, 0.15) is 35.6 Å². The maximum atomic E-state index is 12.2. The molecule has 1 saturated carbocycles. The highest BCUT2D eigenvalue weighted by Gasteiger charge is 2.25. The fourth-order valence-corrected chi connectivity index (χ4v) is 2.59. The van der Waals surface area contributed by atoms with Gasteiger partial charge >= 0.3 is 0 Å². The summed E-state index contributed by atoms with van der Waals surface area (Å²) in [5, 5.41) is 7.14. The molecule has 1 aromatic heterocycles. The van der Waals surface area contributed by atoms with Crippen molar-refractivity contribution in [2.45, 2.75) is 38.5 Å². The Morgan fingerprint density at radius 1 is 1.25 bits per heavy atom. The van der Waals surface area contributed by atoms with E-state index in [1.54, 1.807) is 13.2 Å². The largest absolute Gasteiger partial charge is 0.380 e. The first-order chi connectivity index (χ1) is 11.7. The van der Waals surface area contributed by atoms with E-state index in [0.29, 0.717) is 19.1 Å². The first-order valence-corrected chi connectivity index (χ1v) is 8.08. The predicted octanol–water partition coefficient (Wildman–Crippen LogP) is 1.58. The topological polar surface area (TPSA) is 73.2 Å². The number of methoxy groups -OCH3 is 1. The smallest absolute Gasteiger partial charge is 0.267 e. The summed E-state index contributed by atoms with van der Waals surface area (Å²) >= 11 is 0. The Hall–Kier alpha value is -2.47. The quantitative estimate of drug-likeness (QED) is 0.838. The van der Waals surface area contributed by atoms with E-state index >= 15 is 0 Å². The second-order valence-electron chi connectivity index (χ2n) is 6.01. The Balaban J connectivity index is 1.62. The molecule has 1 fully saturated rings. The molecular weight excluding hydrogens is 306 g/mol. The number of benzene rings is 1. The molecular formula is C18H21N3O3. The summed E-state index contributed by atoms with van der Waals surface area (Å²) in [4.78, 5) is 24.0. The van der Waals surface area contributed by atoms with E-state index in [2.05, 4.69) is 10.4 Å². The van der Waals surface area contributed by atoms with Crippen LogP contribution in [0.4, 0.5) is 0 Å². The molecule has 0 spiro atoms. The first kappa shape index (κ1) is 16.4. The van der Waals surface area contributed by atoms with Crippen LogP contribution in [0.25, 0.3) is 0 Å². The third kappa shape index (κ3) is 4.08. The van der Waals surface area contributed by atoms with Crippen LogP contribution in [-0.4, -0.2) is 22.8 Å². The van der Waals surface area contributed by atoms with E-state index in [1.165, 1.54) is 10.7 Å². The van der Waals surface area contributed by atoms with Crippen LogP contribution in [0.2, 0.25) is 0 Å². The fraction of sp³-hybridized carbons (Fsp3) is 0.389. The summed E-state index contributed by atoms with van der Waals surface area (Å²) in [5.74, 6) is 0.214. The lowest BCUT2D eigenvalue weighted by molar-refractivity contribution is -0.122. The number of hydrogen-bond acceptors (Lipinski definition) is 4. The van der Waals surface area contributed by atoms with Crippen LogP contribution >= 0.6 is 0 Å². The van der Waals surface area contributed by atoms with Crippen LogP contribution in [0.5, 0.6) is 0 Å². The number of amides is 1. The van der Waals surface area contributed by atoms with E-state index < -0.39 is 0 Å². The van der Waals surface area contributed by atoms with E-state index in [0.717, 1.165) is 29.7 Å². The van der Waals surface area contributed by atoms with Gasteiger partial charge in [0.05, 0.1) is 12.3 Å². The minimum Gasteiger partial charge on any atom is -0.380 e. The van der Waals surface area contributed by atoms with Gasteiger partial charge < -0.3 is 10.1 Å². The van der Waals surface area contributed by atoms with Crippen molar-refractivity contribution >= 4 is 5.91 Å². The minimum atomic E-state index is -0.255. The summed E-state index contributed by atoms with van der Waals surface area (Å²) in [5.41, 5.74) is 2.67. The molecule has 0 aliphatic heterocycles. The van der Waals surface area contributed by atoms with Crippen LogP contribution in [0, 0.1) is 0 Å². The molecule has 1 aromatic carbocycles. The molecule has 1 aliphatic rings. The Labute approximate surface area is 140 Å². The zero-order valence-electron chi connectivity index (χ0n) is 13.7. The molecule has 1 heterocycles. The molecule has 126 valence electrons. The van der Waals surface area contributed by atoms with Gasteiger partial charge in [-0.25, -0.2) is 4.68 Å². The second-order valence-corrected chi connectivity index (χ2v) is 6.01. The van der Waals surface area contributed by atoms with Gasteiger partial charge in [0.15, 0.2) is 0 Å². The summed E-state index contributed by atoms with van der Waals surface area (Å²) in [6.07, 6.45) is 2.21. The molecule has 0 radical (unpaired) electrons. The molecule has 0 bridgehead atoms. The molecule has 0 saturated heterocycles. The van der Waals surface area contributed by atoms with Gasteiger partial charge in [-0.3, -0.25) is 9.59 Å². The van der Waals surface area contributed by atoms with Crippen molar-refractivity contribution < 1.29 is 9.53 Å². The number of rotatable bonds is 7. The van der Waals surface area contributed by atoms with Crippen molar-refractivity contribution in [3.63, 3.8) is 0 Å². The lowest BCUT2D eigenvalue weighted by Gasteiger charge is -2.11. The maximum Gasteiger partial charge on any atom is 0.267 e. The maximum absolute atomic E-state index is 12.2. The molecule has 0 unspecified atom stereocenters. The monoisotopic (exact) mass is 327 g/mol. The van der Waals surface area contributed by atoms with Crippen LogP contribution in [-0.2, 0) is 29.2 Å². The third-order valence-corrected chi connectivity index (χ3v) is 4.07. The Morgan fingerprint density at radius 3 is 2.71 bits per heavy atom. The van der Waals surface area contributed by atoms with E-state index in [9.17, 15) is 9.59 Å². The number of hydrogen-bond donors (Lipinski definition) is 1. The average Bonchev–Trinajstić information content (AvgIpc) is 3.41.